The number of hydrogen-bond acceptors (Lipinski definition) is 2. The Labute approximate surface area is 111 Å². The summed E-state index contributed by atoms with van der Waals surface area (Å²) in [6.45, 7) is 12.4. The average Bonchev–Trinajstić information content (AvgIpc) is 2.31. The van der Waals surface area contributed by atoms with Crippen LogP contribution in [-0.4, -0.2) is 61.6 Å². The van der Waals surface area contributed by atoms with Gasteiger partial charge in [-0.1, -0.05) is 6.92 Å². The zero-order valence-corrected chi connectivity index (χ0v) is 12.0. The molecule has 0 radical (unpaired) electrons. The first-order valence-corrected chi connectivity index (χ1v) is 7.55. The van der Waals surface area contributed by atoms with Gasteiger partial charge in [0.25, 0.3) is 0 Å². The maximum Gasteiger partial charge on any atom is 0.193 e. The normalized spacial score (nSPS) is 26.0. The second-order valence-electron chi connectivity index (χ2n) is 5.62. The van der Waals surface area contributed by atoms with Crippen LogP contribution in [0.1, 0.15) is 33.1 Å². The molecule has 4 nitrogen and oxygen atoms in total. The number of nitrogens with zero attached hydrogens (tertiary/aromatic N) is 3. The van der Waals surface area contributed by atoms with Crippen molar-refractivity contribution in [3.63, 3.8) is 0 Å². The fraction of sp³-hybridized carbons (Fsp3) is 0.929. The van der Waals surface area contributed by atoms with Crippen molar-refractivity contribution in [2.45, 2.75) is 33.1 Å². The Hall–Kier alpha value is -0.770. The van der Waals surface area contributed by atoms with Crippen LogP contribution in [0.15, 0.2) is 4.99 Å². The van der Waals surface area contributed by atoms with E-state index in [1.54, 1.807) is 0 Å². The van der Waals surface area contributed by atoms with Crippen molar-refractivity contribution in [1.82, 2.24) is 15.1 Å². The van der Waals surface area contributed by atoms with E-state index in [2.05, 4.69) is 29.0 Å². The Morgan fingerprint density at radius 1 is 1.28 bits per heavy atom. The lowest BCUT2D eigenvalue weighted by Crippen LogP contribution is -2.46. The lowest BCUT2D eigenvalue weighted by atomic mass is 10.0. The van der Waals surface area contributed by atoms with Crippen LogP contribution in [0.2, 0.25) is 0 Å². The van der Waals surface area contributed by atoms with Crippen LogP contribution >= 0.6 is 0 Å². The summed E-state index contributed by atoms with van der Waals surface area (Å²) >= 11 is 0. The molecular weight excluding hydrogens is 224 g/mol. The molecule has 1 atom stereocenters. The predicted molar refractivity (Wildman–Crippen MR) is 77.0 cm³/mol. The monoisotopic (exact) mass is 252 g/mol. The quantitative estimate of drug-likeness (QED) is 0.606. The van der Waals surface area contributed by atoms with Gasteiger partial charge in [0.15, 0.2) is 5.96 Å². The third-order valence-corrected chi connectivity index (χ3v) is 3.92. The highest BCUT2D eigenvalue weighted by atomic mass is 15.3. The summed E-state index contributed by atoms with van der Waals surface area (Å²) in [6.07, 6.45) is 4.04. The number of rotatable bonds is 4. The lowest BCUT2D eigenvalue weighted by Gasteiger charge is -2.34. The van der Waals surface area contributed by atoms with Gasteiger partial charge in [-0.25, -0.2) is 0 Å². The molecule has 2 rings (SSSR count). The molecule has 0 spiro atoms. The Morgan fingerprint density at radius 3 is 2.72 bits per heavy atom. The first kappa shape index (κ1) is 13.7. The molecule has 2 fully saturated rings. The molecule has 104 valence electrons. The molecule has 0 bridgehead atoms. The van der Waals surface area contributed by atoms with Gasteiger partial charge in [-0.2, -0.15) is 0 Å². The van der Waals surface area contributed by atoms with E-state index in [-0.39, 0.29) is 0 Å². The smallest absolute Gasteiger partial charge is 0.193 e. The molecule has 0 aliphatic carbocycles. The maximum atomic E-state index is 4.78. The van der Waals surface area contributed by atoms with Crippen molar-refractivity contribution in [3.8, 4) is 0 Å². The van der Waals surface area contributed by atoms with Crippen LogP contribution in [0.4, 0.5) is 0 Å². The molecule has 0 saturated carbocycles. The van der Waals surface area contributed by atoms with Gasteiger partial charge < -0.3 is 15.1 Å². The van der Waals surface area contributed by atoms with Crippen LogP contribution in [0.3, 0.4) is 0 Å². The fourth-order valence-electron chi connectivity index (χ4n) is 2.71. The van der Waals surface area contributed by atoms with Gasteiger partial charge in [-0.3, -0.25) is 4.99 Å². The summed E-state index contributed by atoms with van der Waals surface area (Å²) in [4.78, 5) is 9.70. The van der Waals surface area contributed by atoms with Crippen LogP contribution in [-0.2, 0) is 0 Å². The van der Waals surface area contributed by atoms with Crippen molar-refractivity contribution in [2.75, 3.05) is 45.8 Å². The van der Waals surface area contributed by atoms with E-state index >= 15 is 0 Å². The summed E-state index contributed by atoms with van der Waals surface area (Å²) in [7, 11) is 0. The SMILES string of the molecule is CCNC(=NCCN1CCC1)N1CCCC(C)C1. The standard InChI is InChI=1S/C14H28N4/c1-3-15-14(16-7-11-17-8-5-9-17)18-10-4-6-13(2)12-18/h13H,3-12H2,1-2H3,(H,15,16). The predicted octanol–water partition coefficient (Wildman–Crippen LogP) is 1.39. The lowest BCUT2D eigenvalue weighted by molar-refractivity contribution is 0.187. The third-order valence-electron chi connectivity index (χ3n) is 3.92. The molecule has 0 aromatic heterocycles. The molecule has 0 amide bonds. The van der Waals surface area contributed by atoms with E-state index in [1.165, 1.54) is 38.9 Å². The van der Waals surface area contributed by atoms with Gasteiger partial charge in [-0.05, 0) is 45.2 Å². The highest BCUT2D eigenvalue weighted by Crippen LogP contribution is 2.15. The number of aliphatic imine (C=N–C) groups is 1. The number of likely N-dealkylation sites (tertiary alicyclic amines) is 2. The summed E-state index contributed by atoms with van der Waals surface area (Å²) in [5.74, 6) is 1.93. The topological polar surface area (TPSA) is 30.9 Å². The molecule has 2 saturated heterocycles. The molecule has 2 aliphatic heterocycles. The molecular formula is C14H28N4. The Balaban J connectivity index is 1.82. The molecule has 0 aromatic rings. The summed E-state index contributed by atoms with van der Waals surface area (Å²) in [5, 5.41) is 3.44. The minimum atomic E-state index is 0.804. The minimum Gasteiger partial charge on any atom is -0.357 e. The van der Waals surface area contributed by atoms with E-state index in [1.807, 2.05) is 0 Å². The maximum absolute atomic E-state index is 4.78. The van der Waals surface area contributed by atoms with Gasteiger partial charge in [0.2, 0.25) is 0 Å². The molecule has 4 heteroatoms. The number of hydrogen-bond donors (Lipinski definition) is 1. The second-order valence-corrected chi connectivity index (χ2v) is 5.62. The number of guanidine groups is 1. The van der Waals surface area contributed by atoms with Gasteiger partial charge in [-0.15, -0.1) is 0 Å². The fourth-order valence-corrected chi connectivity index (χ4v) is 2.71. The Kier molecular flexibility index (Phi) is 5.29. The Bertz CT molecular complexity index is 273. The molecule has 18 heavy (non-hydrogen) atoms. The van der Waals surface area contributed by atoms with E-state index in [9.17, 15) is 0 Å². The van der Waals surface area contributed by atoms with Crippen molar-refractivity contribution in [3.05, 3.63) is 0 Å². The summed E-state index contributed by atoms with van der Waals surface area (Å²) in [6, 6.07) is 0. The van der Waals surface area contributed by atoms with Gasteiger partial charge in [0.05, 0.1) is 6.54 Å². The highest BCUT2D eigenvalue weighted by molar-refractivity contribution is 5.80. The molecule has 1 N–H and O–H groups in total. The van der Waals surface area contributed by atoms with Gasteiger partial charge in [0, 0.05) is 26.2 Å². The zero-order chi connectivity index (χ0) is 12.8. The van der Waals surface area contributed by atoms with Gasteiger partial charge in [0.1, 0.15) is 0 Å². The van der Waals surface area contributed by atoms with Crippen LogP contribution < -0.4 is 5.32 Å². The first-order valence-electron chi connectivity index (χ1n) is 7.55. The van der Waals surface area contributed by atoms with E-state index in [0.29, 0.717) is 0 Å². The molecule has 0 aromatic carbocycles. The molecule has 1 unspecified atom stereocenters. The van der Waals surface area contributed by atoms with E-state index < -0.39 is 0 Å². The van der Waals surface area contributed by atoms with Crippen LogP contribution in [0.5, 0.6) is 0 Å². The summed E-state index contributed by atoms with van der Waals surface area (Å²) in [5.41, 5.74) is 0. The molecule has 2 heterocycles. The highest BCUT2D eigenvalue weighted by Gasteiger charge is 2.19. The van der Waals surface area contributed by atoms with Gasteiger partial charge >= 0.3 is 0 Å². The van der Waals surface area contributed by atoms with Crippen LogP contribution in [0.25, 0.3) is 0 Å². The first-order chi connectivity index (χ1) is 8.79. The zero-order valence-electron chi connectivity index (χ0n) is 12.0. The van der Waals surface area contributed by atoms with Crippen molar-refractivity contribution in [2.24, 2.45) is 10.9 Å². The third kappa shape index (κ3) is 3.87. The van der Waals surface area contributed by atoms with Crippen molar-refractivity contribution in [1.29, 1.82) is 0 Å². The van der Waals surface area contributed by atoms with E-state index in [4.69, 9.17) is 4.99 Å². The average molecular weight is 252 g/mol. The Morgan fingerprint density at radius 2 is 2.11 bits per heavy atom. The summed E-state index contributed by atoms with van der Waals surface area (Å²) < 4.78 is 0. The molecule has 2 aliphatic rings. The van der Waals surface area contributed by atoms with E-state index in [0.717, 1.165) is 38.1 Å². The largest absolute Gasteiger partial charge is 0.357 e. The van der Waals surface area contributed by atoms with Crippen molar-refractivity contribution >= 4 is 5.96 Å². The minimum absolute atomic E-state index is 0.804. The second kappa shape index (κ2) is 6.98. The van der Waals surface area contributed by atoms with Crippen LogP contribution in [0, 0.1) is 5.92 Å². The number of piperidine rings is 1. The number of nitrogens with one attached hydrogen (secondary N) is 1. The van der Waals surface area contributed by atoms with Crippen molar-refractivity contribution < 1.29 is 0 Å².